The summed E-state index contributed by atoms with van der Waals surface area (Å²) in [6.45, 7) is 4.58. The maximum absolute atomic E-state index is 13.3. The van der Waals surface area contributed by atoms with E-state index in [1.165, 1.54) is 28.8 Å². The fourth-order valence-corrected chi connectivity index (χ4v) is 5.24. The first kappa shape index (κ1) is 23.2. The van der Waals surface area contributed by atoms with Crippen molar-refractivity contribution in [1.82, 2.24) is 9.55 Å². The van der Waals surface area contributed by atoms with Gasteiger partial charge < -0.3 is 0 Å². The van der Waals surface area contributed by atoms with E-state index >= 15 is 0 Å². The molecule has 0 saturated heterocycles. The van der Waals surface area contributed by atoms with Crippen molar-refractivity contribution in [3.8, 4) is 0 Å². The lowest BCUT2D eigenvalue weighted by atomic mass is 10.1. The van der Waals surface area contributed by atoms with Crippen molar-refractivity contribution in [2.24, 2.45) is 5.14 Å². The van der Waals surface area contributed by atoms with Crippen molar-refractivity contribution in [2.75, 3.05) is 0 Å². The number of aryl methyl sites for hydroxylation is 3. The van der Waals surface area contributed by atoms with Crippen molar-refractivity contribution < 1.29 is 8.42 Å². The predicted molar refractivity (Wildman–Crippen MR) is 133 cm³/mol. The first-order valence-electron chi connectivity index (χ1n) is 10.5. The van der Waals surface area contributed by atoms with E-state index < -0.39 is 10.0 Å². The van der Waals surface area contributed by atoms with Gasteiger partial charge in [-0.15, -0.1) is 0 Å². The van der Waals surface area contributed by atoms with Crippen LogP contribution in [0.3, 0.4) is 0 Å². The third kappa shape index (κ3) is 5.35. The molecule has 0 radical (unpaired) electrons. The molecule has 4 rings (SSSR count). The number of hydrogen-bond donors (Lipinski definition) is 1. The third-order valence-electron chi connectivity index (χ3n) is 5.56. The van der Waals surface area contributed by atoms with E-state index in [0.29, 0.717) is 34.8 Å². The molecule has 0 aliphatic rings. The molecule has 3 aromatic carbocycles. The largest absolute Gasteiger partial charge is 0.287 e. The Balaban J connectivity index is 1.65. The lowest BCUT2D eigenvalue weighted by Crippen LogP contribution is -2.24. The van der Waals surface area contributed by atoms with Crippen LogP contribution in [0.4, 0.5) is 0 Å². The van der Waals surface area contributed by atoms with Gasteiger partial charge in [0.15, 0.2) is 5.16 Å². The van der Waals surface area contributed by atoms with Crippen LogP contribution in [0.25, 0.3) is 10.9 Å². The Morgan fingerprint density at radius 3 is 2.45 bits per heavy atom. The number of primary sulfonamides is 1. The molecule has 0 bridgehead atoms. The van der Waals surface area contributed by atoms with Crippen LogP contribution in [0.5, 0.6) is 0 Å². The highest BCUT2D eigenvalue weighted by Crippen LogP contribution is 2.25. The lowest BCUT2D eigenvalue weighted by molar-refractivity contribution is 0.594. The van der Waals surface area contributed by atoms with Gasteiger partial charge in [0.1, 0.15) is 0 Å². The number of sulfonamides is 1. The topological polar surface area (TPSA) is 95.0 Å². The van der Waals surface area contributed by atoms with E-state index in [-0.39, 0.29) is 10.5 Å². The summed E-state index contributed by atoms with van der Waals surface area (Å²) in [6.07, 6.45) is 0.557. The molecule has 0 atom stereocenters. The first-order valence-corrected chi connectivity index (χ1v) is 13.1. The number of hydrogen-bond acceptors (Lipinski definition) is 5. The average Bonchev–Trinajstić information content (AvgIpc) is 2.79. The highest BCUT2D eigenvalue weighted by molar-refractivity contribution is 7.98. The molecule has 0 aliphatic carbocycles. The van der Waals surface area contributed by atoms with Gasteiger partial charge in [0.05, 0.1) is 15.8 Å². The molecule has 0 fully saturated rings. The van der Waals surface area contributed by atoms with E-state index in [2.05, 4.69) is 32.0 Å². The number of aromatic nitrogens is 2. The number of rotatable bonds is 7. The van der Waals surface area contributed by atoms with Gasteiger partial charge in [-0.1, -0.05) is 59.8 Å². The lowest BCUT2D eigenvalue weighted by Gasteiger charge is -2.14. The zero-order chi connectivity index (χ0) is 23.6. The molecule has 6 nitrogen and oxygen atoms in total. The SMILES string of the molecule is Cc1ccc(C)c(CSc2nc3ccccc3c(=O)n2CCc2ccc(S(N)(=O)=O)cc2)c1. The van der Waals surface area contributed by atoms with Crippen molar-refractivity contribution >= 4 is 32.7 Å². The summed E-state index contributed by atoms with van der Waals surface area (Å²) in [5.74, 6) is 0.710. The monoisotopic (exact) mass is 479 g/mol. The maximum atomic E-state index is 13.3. The van der Waals surface area contributed by atoms with Crippen LogP contribution in [0.1, 0.15) is 22.3 Å². The minimum absolute atomic E-state index is 0.0700. The molecule has 33 heavy (non-hydrogen) atoms. The Kier molecular flexibility index (Phi) is 6.69. The van der Waals surface area contributed by atoms with Crippen molar-refractivity contribution in [1.29, 1.82) is 0 Å². The van der Waals surface area contributed by atoms with Crippen molar-refractivity contribution in [3.05, 3.63) is 99.3 Å². The van der Waals surface area contributed by atoms with Crippen LogP contribution in [-0.4, -0.2) is 18.0 Å². The molecule has 1 aromatic heterocycles. The van der Waals surface area contributed by atoms with Crippen molar-refractivity contribution in [3.63, 3.8) is 0 Å². The minimum atomic E-state index is -3.73. The Morgan fingerprint density at radius 2 is 1.73 bits per heavy atom. The highest BCUT2D eigenvalue weighted by atomic mass is 32.2. The van der Waals surface area contributed by atoms with Crippen LogP contribution in [0.15, 0.2) is 81.6 Å². The number of fused-ring (bicyclic) bond motifs is 1. The van der Waals surface area contributed by atoms with Gasteiger partial charge in [-0.3, -0.25) is 9.36 Å². The minimum Gasteiger partial charge on any atom is -0.287 e. The maximum Gasteiger partial charge on any atom is 0.262 e. The summed E-state index contributed by atoms with van der Waals surface area (Å²) < 4.78 is 24.7. The quantitative estimate of drug-likeness (QED) is 0.317. The van der Waals surface area contributed by atoms with Crippen LogP contribution >= 0.6 is 11.8 Å². The number of nitrogens with zero attached hydrogens (tertiary/aromatic N) is 2. The first-order chi connectivity index (χ1) is 15.7. The molecule has 0 aliphatic heterocycles. The number of para-hydroxylation sites is 1. The summed E-state index contributed by atoms with van der Waals surface area (Å²) >= 11 is 1.55. The Bertz CT molecular complexity index is 1480. The second-order valence-corrected chi connectivity index (χ2v) is 10.5. The fourth-order valence-electron chi connectivity index (χ4n) is 3.64. The Morgan fingerprint density at radius 1 is 1.00 bits per heavy atom. The molecular weight excluding hydrogens is 454 g/mol. The summed E-state index contributed by atoms with van der Waals surface area (Å²) in [6, 6.07) is 20.2. The van der Waals surface area contributed by atoms with Gasteiger partial charge >= 0.3 is 0 Å². The van der Waals surface area contributed by atoms with E-state index in [4.69, 9.17) is 10.1 Å². The predicted octanol–water partition coefficient (Wildman–Crippen LogP) is 4.20. The van der Waals surface area contributed by atoms with E-state index in [1.807, 2.05) is 18.2 Å². The molecule has 1 heterocycles. The van der Waals surface area contributed by atoms with Crippen LogP contribution in [-0.2, 0) is 28.7 Å². The van der Waals surface area contributed by atoms with E-state index in [1.54, 1.807) is 34.5 Å². The molecule has 0 unspecified atom stereocenters. The van der Waals surface area contributed by atoms with Crippen LogP contribution in [0, 0.1) is 13.8 Å². The van der Waals surface area contributed by atoms with Gasteiger partial charge in [-0.05, 0) is 61.2 Å². The molecule has 170 valence electrons. The summed E-state index contributed by atoms with van der Waals surface area (Å²) in [5.41, 5.74) is 5.13. The summed E-state index contributed by atoms with van der Waals surface area (Å²) in [5, 5.41) is 6.43. The zero-order valence-electron chi connectivity index (χ0n) is 18.5. The van der Waals surface area contributed by atoms with Gasteiger partial charge in [0, 0.05) is 12.3 Å². The van der Waals surface area contributed by atoms with Gasteiger partial charge in [-0.25, -0.2) is 18.5 Å². The standard InChI is InChI=1S/C25H25N3O3S2/c1-17-7-8-18(2)20(15-17)16-32-25-27-23-6-4-3-5-22(23)24(29)28(25)14-13-19-9-11-21(12-10-19)33(26,30)31/h3-12,15H,13-14,16H2,1-2H3,(H2,26,30,31). The van der Waals surface area contributed by atoms with Gasteiger partial charge in [0.25, 0.3) is 5.56 Å². The highest BCUT2D eigenvalue weighted by Gasteiger charge is 2.13. The molecule has 0 saturated carbocycles. The second kappa shape index (κ2) is 9.51. The number of thioether (sulfide) groups is 1. The summed E-state index contributed by atoms with van der Waals surface area (Å²) in [7, 11) is -3.73. The second-order valence-electron chi connectivity index (χ2n) is 8.03. The molecule has 0 amide bonds. The third-order valence-corrected chi connectivity index (χ3v) is 7.52. The smallest absolute Gasteiger partial charge is 0.262 e. The van der Waals surface area contributed by atoms with Crippen LogP contribution in [0.2, 0.25) is 0 Å². The van der Waals surface area contributed by atoms with E-state index in [9.17, 15) is 13.2 Å². The fraction of sp³-hybridized carbons (Fsp3) is 0.200. The number of benzene rings is 3. The Labute approximate surface area is 197 Å². The zero-order valence-corrected chi connectivity index (χ0v) is 20.1. The Hall–Kier alpha value is -2.94. The normalized spacial score (nSPS) is 11.7. The molecule has 4 aromatic rings. The van der Waals surface area contributed by atoms with Crippen molar-refractivity contribution in [2.45, 2.75) is 42.6 Å². The average molecular weight is 480 g/mol. The van der Waals surface area contributed by atoms with Gasteiger partial charge in [-0.2, -0.15) is 0 Å². The van der Waals surface area contributed by atoms with Gasteiger partial charge in [0.2, 0.25) is 10.0 Å². The number of nitrogens with two attached hydrogens (primary N) is 1. The van der Waals surface area contributed by atoms with E-state index in [0.717, 1.165) is 5.56 Å². The molecule has 8 heteroatoms. The van der Waals surface area contributed by atoms with Crippen LogP contribution < -0.4 is 10.7 Å². The summed E-state index contributed by atoms with van der Waals surface area (Å²) in [4.78, 5) is 18.2. The molecular formula is C25H25N3O3S2. The molecule has 2 N–H and O–H groups in total. The molecule has 0 spiro atoms.